The molecule has 1 aliphatic heterocycles. The monoisotopic (exact) mass is 393 g/mol. The van der Waals surface area contributed by atoms with Crippen molar-refractivity contribution in [2.24, 2.45) is 10.9 Å². The number of anilines is 1. The predicted octanol–water partition coefficient (Wildman–Crippen LogP) is 6.02. The van der Waals surface area contributed by atoms with Crippen molar-refractivity contribution in [3.05, 3.63) is 82.5 Å². The van der Waals surface area contributed by atoms with Crippen LogP contribution in [-0.2, 0) is 6.42 Å². The van der Waals surface area contributed by atoms with E-state index in [2.05, 4.69) is 60.4 Å². The highest BCUT2D eigenvalue weighted by atomic mass is 35.5. The van der Waals surface area contributed by atoms with Crippen molar-refractivity contribution in [2.45, 2.75) is 20.3 Å². The van der Waals surface area contributed by atoms with E-state index in [0.29, 0.717) is 5.92 Å². The molecule has 0 atom stereocenters. The Labute approximate surface area is 173 Å². The third kappa shape index (κ3) is 5.82. The number of hydrogen-bond donors (Lipinski definition) is 1. The number of halogens is 1. The molecule has 0 aliphatic carbocycles. The van der Waals surface area contributed by atoms with Crippen molar-refractivity contribution in [3.8, 4) is 0 Å². The molecule has 3 nitrogen and oxygen atoms in total. The standard InChI is InChI=1S/C24H28ClN3/c1-18(2)12-19-8-7-11-23(13-19)27-15-21-17-28(3)16-20(24(21)25)14-26-22-9-5-4-6-10-22/h4-11,13-15,18,27H,12,16-17H2,1-3H3/b21-15+,26-14+. The fourth-order valence-corrected chi connectivity index (χ4v) is 3.51. The smallest absolute Gasteiger partial charge is 0.0629 e. The van der Waals surface area contributed by atoms with Gasteiger partial charge in [0.25, 0.3) is 0 Å². The van der Waals surface area contributed by atoms with Gasteiger partial charge in [-0.15, -0.1) is 0 Å². The number of para-hydroxylation sites is 1. The van der Waals surface area contributed by atoms with Crippen LogP contribution in [-0.4, -0.2) is 31.3 Å². The van der Waals surface area contributed by atoms with Crippen LogP contribution in [0.1, 0.15) is 19.4 Å². The molecule has 3 rings (SSSR count). The summed E-state index contributed by atoms with van der Waals surface area (Å²) in [5.74, 6) is 0.643. The van der Waals surface area contributed by atoms with E-state index in [0.717, 1.165) is 47.1 Å². The van der Waals surface area contributed by atoms with Gasteiger partial charge in [0.05, 0.1) is 10.7 Å². The summed E-state index contributed by atoms with van der Waals surface area (Å²) >= 11 is 6.70. The summed E-state index contributed by atoms with van der Waals surface area (Å²) in [4.78, 5) is 6.80. The summed E-state index contributed by atoms with van der Waals surface area (Å²) in [7, 11) is 2.09. The zero-order valence-electron chi connectivity index (χ0n) is 16.8. The van der Waals surface area contributed by atoms with E-state index in [1.807, 2.05) is 42.7 Å². The van der Waals surface area contributed by atoms with E-state index in [4.69, 9.17) is 11.6 Å². The van der Waals surface area contributed by atoms with Crippen LogP contribution in [0.4, 0.5) is 11.4 Å². The van der Waals surface area contributed by atoms with Gasteiger partial charge in [-0.05, 0) is 49.2 Å². The number of hydrogen-bond acceptors (Lipinski definition) is 3. The van der Waals surface area contributed by atoms with Crippen LogP contribution in [0.2, 0.25) is 0 Å². The molecule has 146 valence electrons. The summed E-state index contributed by atoms with van der Waals surface area (Å²) in [5.41, 5.74) is 5.46. The van der Waals surface area contributed by atoms with Crippen molar-refractivity contribution in [1.82, 2.24) is 4.90 Å². The number of nitrogens with one attached hydrogen (secondary N) is 1. The van der Waals surface area contributed by atoms with E-state index < -0.39 is 0 Å². The zero-order chi connectivity index (χ0) is 19.9. The van der Waals surface area contributed by atoms with Crippen molar-refractivity contribution < 1.29 is 0 Å². The summed E-state index contributed by atoms with van der Waals surface area (Å²) in [6.07, 6.45) is 4.98. The van der Waals surface area contributed by atoms with Crippen LogP contribution in [0.3, 0.4) is 0 Å². The summed E-state index contributed by atoms with van der Waals surface area (Å²) in [5, 5.41) is 4.20. The molecule has 2 aromatic carbocycles. The molecular weight excluding hydrogens is 366 g/mol. The second-order valence-corrected chi connectivity index (χ2v) is 8.10. The van der Waals surface area contributed by atoms with Gasteiger partial charge in [-0.25, -0.2) is 0 Å². The maximum Gasteiger partial charge on any atom is 0.0629 e. The highest BCUT2D eigenvalue weighted by Gasteiger charge is 2.18. The quantitative estimate of drug-likeness (QED) is 0.607. The minimum absolute atomic E-state index is 0.643. The van der Waals surface area contributed by atoms with Crippen molar-refractivity contribution in [2.75, 3.05) is 25.5 Å². The largest absolute Gasteiger partial charge is 0.361 e. The molecule has 28 heavy (non-hydrogen) atoms. The van der Waals surface area contributed by atoms with E-state index in [1.165, 1.54) is 5.56 Å². The Morgan fingerprint density at radius 1 is 1.11 bits per heavy atom. The molecule has 1 N–H and O–H groups in total. The molecule has 0 bridgehead atoms. The minimum Gasteiger partial charge on any atom is -0.361 e. The van der Waals surface area contributed by atoms with Gasteiger partial charge in [-0.2, -0.15) is 0 Å². The first-order valence-electron chi connectivity index (χ1n) is 9.72. The van der Waals surface area contributed by atoms with Gasteiger partial charge in [0.15, 0.2) is 0 Å². The molecule has 0 spiro atoms. The lowest BCUT2D eigenvalue weighted by atomic mass is 10.0. The van der Waals surface area contributed by atoms with Crippen LogP contribution in [0.25, 0.3) is 0 Å². The summed E-state index contributed by atoms with van der Waals surface area (Å²) in [6, 6.07) is 18.5. The molecule has 4 heteroatoms. The molecule has 0 radical (unpaired) electrons. The van der Waals surface area contributed by atoms with Crippen LogP contribution < -0.4 is 5.32 Å². The Hall–Kier alpha value is -2.36. The zero-order valence-corrected chi connectivity index (χ0v) is 17.6. The lowest BCUT2D eigenvalue weighted by molar-refractivity contribution is 0.391. The van der Waals surface area contributed by atoms with Gasteiger partial charge in [0.1, 0.15) is 0 Å². The lowest BCUT2D eigenvalue weighted by Crippen LogP contribution is -2.29. The summed E-state index contributed by atoms with van der Waals surface area (Å²) < 4.78 is 0. The second kappa shape index (κ2) is 9.72. The predicted molar refractivity (Wildman–Crippen MR) is 122 cm³/mol. The van der Waals surface area contributed by atoms with E-state index >= 15 is 0 Å². The number of aliphatic imine (C=N–C) groups is 1. The first-order chi connectivity index (χ1) is 13.5. The van der Waals surface area contributed by atoms with Gasteiger partial charge in [-0.1, -0.05) is 55.8 Å². The fraction of sp³-hybridized carbons (Fsp3) is 0.292. The van der Waals surface area contributed by atoms with Crippen LogP contribution in [0, 0.1) is 5.92 Å². The average molecular weight is 394 g/mol. The molecule has 1 aliphatic rings. The first-order valence-corrected chi connectivity index (χ1v) is 10.1. The van der Waals surface area contributed by atoms with Crippen LogP contribution in [0.5, 0.6) is 0 Å². The highest BCUT2D eigenvalue weighted by Crippen LogP contribution is 2.26. The second-order valence-electron chi connectivity index (χ2n) is 7.72. The SMILES string of the molecule is CC(C)Cc1cccc(N/C=C2\CN(C)CC(/C=N/c3ccccc3)=C2Cl)c1. The Balaban J connectivity index is 1.77. The van der Waals surface area contributed by atoms with E-state index in [9.17, 15) is 0 Å². The van der Waals surface area contributed by atoms with Crippen LogP contribution in [0.15, 0.2) is 82.0 Å². The van der Waals surface area contributed by atoms with Crippen molar-refractivity contribution in [1.29, 1.82) is 0 Å². The molecule has 0 saturated heterocycles. The number of rotatable bonds is 6. The molecule has 0 aromatic heterocycles. The number of benzene rings is 2. The highest BCUT2D eigenvalue weighted by molar-refractivity contribution is 6.34. The topological polar surface area (TPSA) is 27.6 Å². The third-order valence-corrected chi connectivity index (χ3v) is 5.04. The molecule has 1 heterocycles. The minimum atomic E-state index is 0.643. The molecule has 0 unspecified atom stereocenters. The van der Waals surface area contributed by atoms with Crippen LogP contribution >= 0.6 is 11.6 Å². The van der Waals surface area contributed by atoms with Gasteiger partial charge >= 0.3 is 0 Å². The fourth-order valence-electron chi connectivity index (χ4n) is 3.29. The number of nitrogens with zero attached hydrogens (tertiary/aromatic N) is 2. The van der Waals surface area contributed by atoms with Gasteiger partial charge in [0, 0.05) is 42.3 Å². The van der Waals surface area contributed by atoms with Crippen molar-refractivity contribution >= 4 is 29.2 Å². The van der Waals surface area contributed by atoms with E-state index in [1.54, 1.807) is 0 Å². The molecule has 2 aromatic rings. The average Bonchev–Trinajstić information content (AvgIpc) is 2.68. The van der Waals surface area contributed by atoms with Gasteiger partial charge < -0.3 is 5.32 Å². The maximum absolute atomic E-state index is 6.70. The summed E-state index contributed by atoms with van der Waals surface area (Å²) in [6.45, 7) is 6.07. The van der Waals surface area contributed by atoms with Crippen molar-refractivity contribution in [3.63, 3.8) is 0 Å². The molecule has 0 amide bonds. The lowest BCUT2D eigenvalue weighted by Gasteiger charge is -2.26. The number of likely N-dealkylation sites (N-methyl/N-ethyl adjacent to an activating group) is 1. The third-order valence-electron chi connectivity index (χ3n) is 4.55. The molecular formula is C24H28ClN3. The first kappa shape index (κ1) is 20.4. The van der Waals surface area contributed by atoms with Gasteiger partial charge in [-0.3, -0.25) is 9.89 Å². The van der Waals surface area contributed by atoms with Gasteiger partial charge in [0.2, 0.25) is 0 Å². The Morgan fingerprint density at radius 3 is 2.64 bits per heavy atom. The maximum atomic E-state index is 6.70. The Kier molecular flexibility index (Phi) is 7.07. The Morgan fingerprint density at radius 2 is 1.89 bits per heavy atom. The van der Waals surface area contributed by atoms with E-state index in [-0.39, 0.29) is 0 Å². The molecule has 0 saturated carbocycles. The molecule has 0 fully saturated rings. The Bertz CT molecular complexity index is 882. The normalized spacial score (nSPS) is 17.1.